The molecule has 0 bridgehead atoms. The molecule has 3 rings (SSSR count). The normalized spacial score (nSPS) is 24.5. The lowest BCUT2D eigenvalue weighted by Gasteiger charge is -2.49. The Morgan fingerprint density at radius 3 is 2.30 bits per heavy atom. The number of esters is 3. The van der Waals surface area contributed by atoms with Crippen molar-refractivity contribution in [1.29, 1.82) is 0 Å². The van der Waals surface area contributed by atoms with E-state index in [-0.39, 0.29) is 35.4 Å². The van der Waals surface area contributed by atoms with E-state index in [1.807, 2.05) is 13.0 Å². The van der Waals surface area contributed by atoms with Crippen molar-refractivity contribution < 1.29 is 33.7 Å². The van der Waals surface area contributed by atoms with Crippen LogP contribution in [0.15, 0.2) is 6.07 Å². The lowest BCUT2D eigenvalue weighted by Crippen LogP contribution is -2.50. The zero-order valence-corrected chi connectivity index (χ0v) is 20.6. The van der Waals surface area contributed by atoms with E-state index in [0.717, 1.165) is 24.8 Å². The molecule has 33 heavy (non-hydrogen) atoms. The molecule has 0 heterocycles. The molecule has 1 N–H and O–H groups in total. The lowest BCUT2D eigenvalue weighted by molar-refractivity contribution is -0.141. The molecule has 0 amide bonds. The fraction of sp³-hybridized carbons (Fsp3) is 0.654. The van der Waals surface area contributed by atoms with E-state index < -0.39 is 23.5 Å². The number of fused-ring (bicyclic) bond motifs is 2. The molecule has 1 fully saturated rings. The van der Waals surface area contributed by atoms with Crippen LogP contribution in [0.25, 0.3) is 0 Å². The number of carbonyl (C=O) groups is 3. The molecule has 7 heteroatoms. The summed E-state index contributed by atoms with van der Waals surface area (Å²) in [5.74, 6) is -1.34. The minimum absolute atomic E-state index is 0.0131. The van der Waals surface area contributed by atoms with E-state index in [4.69, 9.17) is 14.2 Å². The topological polar surface area (TPSA) is 99.1 Å². The molecule has 0 radical (unpaired) electrons. The van der Waals surface area contributed by atoms with Crippen LogP contribution >= 0.6 is 0 Å². The van der Waals surface area contributed by atoms with Crippen LogP contribution in [0.1, 0.15) is 89.8 Å². The van der Waals surface area contributed by atoms with E-state index in [0.29, 0.717) is 30.4 Å². The van der Waals surface area contributed by atoms with Gasteiger partial charge in [0.2, 0.25) is 0 Å². The second-order valence-corrected chi connectivity index (χ2v) is 10.4. The van der Waals surface area contributed by atoms with E-state index in [9.17, 15) is 19.5 Å². The van der Waals surface area contributed by atoms with Crippen molar-refractivity contribution in [3.63, 3.8) is 0 Å². The highest BCUT2D eigenvalue weighted by molar-refractivity contribution is 5.76. The van der Waals surface area contributed by atoms with Crippen LogP contribution in [0.4, 0.5) is 0 Å². The Morgan fingerprint density at radius 2 is 1.70 bits per heavy atom. The van der Waals surface area contributed by atoms with Crippen molar-refractivity contribution in [2.45, 2.75) is 91.6 Å². The van der Waals surface area contributed by atoms with Crippen molar-refractivity contribution in [2.24, 2.45) is 11.3 Å². The van der Waals surface area contributed by atoms with Gasteiger partial charge in [-0.1, -0.05) is 33.3 Å². The second kappa shape index (κ2) is 9.45. The first-order valence-corrected chi connectivity index (χ1v) is 11.8. The average Bonchev–Trinajstić information content (AvgIpc) is 2.83. The second-order valence-electron chi connectivity index (χ2n) is 10.4. The highest BCUT2D eigenvalue weighted by atomic mass is 16.6. The molecular formula is C26H36O7. The molecule has 2 aliphatic carbocycles. The van der Waals surface area contributed by atoms with Crippen molar-refractivity contribution in [3.05, 3.63) is 22.8 Å². The number of ether oxygens (including phenoxy) is 3. The number of benzene rings is 1. The van der Waals surface area contributed by atoms with Gasteiger partial charge in [0.05, 0.1) is 12.2 Å². The quantitative estimate of drug-likeness (QED) is 0.518. The summed E-state index contributed by atoms with van der Waals surface area (Å²) in [5.41, 5.74) is 1.37. The minimum atomic E-state index is -0.930. The van der Waals surface area contributed by atoms with Crippen LogP contribution in [0, 0.1) is 11.3 Å². The standard InChI is InChI=1S/C26H36O7/c1-15(14-31-16(2)27)20-12-19-8-9-22-25(5,6)10-7-11-26(22,30)13-21(19)24(33-18(4)29)23(20)32-17(3)28/h12,15,22,30H,7-11,13-14H2,1-6H3/t15-,22+,26+/m1/s1. The molecular weight excluding hydrogens is 424 g/mol. The van der Waals surface area contributed by atoms with Crippen molar-refractivity contribution in [2.75, 3.05) is 6.61 Å². The molecule has 182 valence electrons. The fourth-order valence-corrected chi connectivity index (χ4v) is 5.77. The van der Waals surface area contributed by atoms with Gasteiger partial charge in [0.15, 0.2) is 11.5 Å². The van der Waals surface area contributed by atoms with Crippen molar-refractivity contribution in [3.8, 4) is 11.5 Å². The third-order valence-corrected chi connectivity index (χ3v) is 7.23. The van der Waals surface area contributed by atoms with Gasteiger partial charge in [-0.25, -0.2) is 0 Å². The van der Waals surface area contributed by atoms with Gasteiger partial charge in [-0.05, 0) is 42.6 Å². The lowest BCUT2D eigenvalue weighted by atomic mass is 9.59. The summed E-state index contributed by atoms with van der Waals surface area (Å²) < 4.78 is 16.4. The fourth-order valence-electron chi connectivity index (χ4n) is 5.77. The molecule has 7 nitrogen and oxygen atoms in total. The number of hydrogen-bond donors (Lipinski definition) is 1. The van der Waals surface area contributed by atoms with Gasteiger partial charge in [0.1, 0.15) is 0 Å². The van der Waals surface area contributed by atoms with Crippen molar-refractivity contribution >= 4 is 17.9 Å². The Bertz CT molecular complexity index is 948. The van der Waals surface area contributed by atoms with Gasteiger partial charge in [-0.3, -0.25) is 14.4 Å². The molecule has 2 aliphatic rings. The maximum absolute atomic E-state index is 12.1. The summed E-state index contributed by atoms with van der Waals surface area (Å²) in [4.78, 5) is 35.5. The molecule has 1 aromatic carbocycles. The van der Waals surface area contributed by atoms with E-state index in [1.54, 1.807) is 0 Å². The smallest absolute Gasteiger partial charge is 0.308 e. The van der Waals surface area contributed by atoms with Crippen molar-refractivity contribution in [1.82, 2.24) is 0 Å². The van der Waals surface area contributed by atoms with E-state index >= 15 is 0 Å². The first-order chi connectivity index (χ1) is 15.3. The summed E-state index contributed by atoms with van der Waals surface area (Å²) in [6, 6.07) is 1.96. The highest BCUT2D eigenvalue weighted by Crippen LogP contribution is 2.54. The summed E-state index contributed by atoms with van der Waals surface area (Å²) in [5, 5.41) is 11.8. The van der Waals surface area contributed by atoms with Gasteiger partial charge < -0.3 is 19.3 Å². The number of aliphatic hydroxyl groups is 1. The molecule has 0 unspecified atom stereocenters. The first-order valence-electron chi connectivity index (χ1n) is 11.8. The van der Waals surface area contributed by atoms with Gasteiger partial charge in [0, 0.05) is 44.2 Å². The Hall–Kier alpha value is -2.41. The highest BCUT2D eigenvalue weighted by Gasteiger charge is 2.50. The Kier molecular flexibility index (Phi) is 7.22. The number of aryl methyl sites for hydroxylation is 1. The summed E-state index contributed by atoms with van der Waals surface area (Å²) in [7, 11) is 0. The molecule has 0 saturated heterocycles. The SMILES string of the molecule is CC(=O)OC[C@@H](C)c1cc2c(c(OC(C)=O)c1OC(C)=O)C[C@@]1(O)CCCC(C)(C)[C@@H]1CC2. The number of rotatable bonds is 5. The summed E-state index contributed by atoms with van der Waals surface area (Å²) >= 11 is 0. The van der Waals surface area contributed by atoms with Crippen LogP contribution in [-0.4, -0.2) is 35.2 Å². The third-order valence-electron chi connectivity index (χ3n) is 7.23. The molecule has 3 atom stereocenters. The molecule has 0 aromatic heterocycles. The zero-order chi connectivity index (χ0) is 24.6. The van der Waals surface area contributed by atoms with E-state index in [1.165, 1.54) is 20.8 Å². The number of hydrogen-bond acceptors (Lipinski definition) is 7. The first kappa shape index (κ1) is 25.2. The Labute approximate surface area is 195 Å². The monoisotopic (exact) mass is 460 g/mol. The zero-order valence-electron chi connectivity index (χ0n) is 20.6. The Balaban J connectivity index is 2.18. The minimum Gasteiger partial charge on any atom is -0.465 e. The van der Waals surface area contributed by atoms with Crippen LogP contribution in [0.2, 0.25) is 0 Å². The Morgan fingerprint density at radius 1 is 1.06 bits per heavy atom. The van der Waals surface area contributed by atoms with Gasteiger partial charge in [-0.2, -0.15) is 0 Å². The summed E-state index contributed by atoms with van der Waals surface area (Å²) in [6.45, 7) is 10.3. The average molecular weight is 461 g/mol. The third kappa shape index (κ3) is 5.40. The van der Waals surface area contributed by atoms with Gasteiger partial charge in [0.25, 0.3) is 0 Å². The molecule has 1 aromatic rings. The molecule has 0 spiro atoms. The largest absolute Gasteiger partial charge is 0.465 e. The molecule has 0 aliphatic heterocycles. The maximum atomic E-state index is 12.1. The van der Waals surface area contributed by atoms with Gasteiger partial charge >= 0.3 is 17.9 Å². The molecule has 1 saturated carbocycles. The van der Waals surface area contributed by atoms with Crippen LogP contribution in [-0.2, 0) is 32.0 Å². The van der Waals surface area contributed by atoms with E-state index in [2.05, 4.69) is 13.8 Å². The number of carbonyl (C=O) groups excluding carboxylic acids is 3. The predicted octanol–water partition coefficient (Wildman–Crippen LogP) is 4.25. The van der Waals surface area contributed by atoms with Crippen LogP contribution in [0.5, 0.6) is 11.5 Å². The van der Waals surface area contributed by atoms with Crippen LogP contribution < -0.4 is 9.47 Å². The summed E-state index contributed by atoms with van der Waals surface area (Å²) in [6.07, 6.45) is 4.48. The van der Waals surface area contributed by atoms with Gasteiger partial charge in [-0.15, -0.1) is 0 Å². The van der Waals surface area contributed by atoms with Crippen LogP contribution in [0.3, 0.4) is 0 Å². The maximum Gasteiger partial charge on any atom is 0.308 e. The predicted molar refractivity (Wildman–Crippen MR) is 122 cm³/mol.